The van der Waals surface area contributed by atoms with Gasteiger partial charge in [-0.15, -0.1) is 0 Å². The topological polar surface area (TPSA) is 68.0 Å². The van der Waals surface area contributed by atoms with E-state index >= 15 is 0 Å². The summed E-state index contributed by atoms with van der Waals surface area (Å²) in [6.07, 6.45) is 3.61. The Bertz CT molecular complexity index is 1050. The van der Waals surface area contributed by atoms with Crippen molar-refractivity contribution in [3.05, 3.63) is 114 Å². The van der Waals surface area contributed by atoms with Crippen LogP contribution in [0.1, 0.15) is 41.8 Å². The molecule has 1 aliphatic carbocycles. The number of nitrogens with one attached hydrogen (secondary N) is 1. The lowest BCUT2D eigenvalue weighted by Crippen LogP contribution is -2.48. The first-order valence-electron chi connectivity index (χ1n) is 11.7. The van der Waals surface area contributed by atoms with Crippen molar-refractivity contribution in [1.29, 1.82) is 0 Å². The molecule has 2 aromatic carbocycles. The smallest absolute Gasteiger partial charge is 0.232 e. The number of amides is 1. The van der Waals surface area contributed by atoms with Crippen LogP contribution in [0.3, 0.4) is 0 Å². The third kappa shape index (κ3) is 4.91. The second-order valence-corrected chi connectivity index (χ2v) is 9.19. The van der Waals surface area contributed by atoms with Gasteiger partial charge in [0.1, 0.15) is 5.41 Å². The quantitative estimate of drug-likeness (QED) is 0.474. The Morgan fingerprint density at radius 2 is 1.64 bits per heavy atom. The van der Waals surface area contributed by atoms with Crippen molar-refractivity contribution in [2.24, 2.45) is 11.7 Å². The third-order valence-electron chi connectivity index (χ3n) is 6.91. The molecule has 0 spiro atoms. The monoisotopic (exact) mass is 439 g/mol. The lowest BCUT2D eigenvalue weighted by molar-refractivity contribution is -0.123. The molecule has 0 aliphatic heterocycles. The maximum atomic E-state index is 13.2. The number of hydrogen-bond donors (Lipinski definition) is 2. The minimum absolute atomic E-state index is 0.129. The van der Waals surface area contributed by atoms with Crippen LogP contribution in [0.15, 0.2) is 91.0 Å². The molecule has 4 rings (SSSR count). The van der Waals surface area contributed by atoms with Gasteiger partial charge >= 0.3 is 0 Å². The van der Waals surface area contributed by atoms with Crippen LogP contribution in [-0.2, 0) is 16.6 Å². The lowest BCUT2D eigenvalue weighted by atomic mass is 9.64. The van der Waals surface area contributed by atoms with Gasteiger partial charge in [-0.25, -0.2) is 0 Å². The molecule has 1 saturated carbocycles. The summed E-state index contributed by atoms with van der Waals surface area (Å²) < 4.78 is 0. The Morgan fingerprint density at radius 3 is 2.21 bits per heavy atom. The van der Waals surface area contributed by atoms with Crippen LogP contribution in [0.25, 0.3) is 0 Å². The summed E-state index contributed by atoms with van der Waals surface area (Å²) in [5.41, 5.74) is 10.5. The zero-order valence-electron chi connectivity index (χ0n) is 19.3. The molecule has 1 aliphatic rings. The summed E-state index contributed by atoms with van der Waals surface area (Å²) in [7, 11) is 0. The Kier molecular flexibility index (Phi) is 7.05. The van der Waals surface area contributed by atoms with Crippen molar-refractivity contribution >= 4 is 5.91 Å². The van der Waals surface area contributed by atoms with Crippen molar-refractivity contribution in [1.82, 2.24) is 10.3 Å². The molecule has 4 heteroatoms. The molecule has 3 aromatic rings. The highest BCUT2D eigenvalue weighted by molar-refractivity contribution is 5.91. The molecular weight excluding hydrogens is 406 g/mol. The van der Waals surface area contributed by atoms with Crippen LogP contribution in [0.4, 0.5) is 0 Å². The highest BCUT2D eigenvalue weighted by Crippen LogP contribution is 2.46. The first-order valence-corrected chi connectivity index (χ1v) is 11.7. The van der Waals surface area contributed by atoms with E-state index < -0.39 is 5.41 Å². The van der Waals surface area contributed by atoms with Crippen LogP contribution in [-0.4, -0.2) is 23.5 Å². The van der Waals surface area contributed by atoms with Crippen LogP contribution < -0.4 is 11.1 Å². The van der Waals surface area contributed by atoms with E-state index in [1.54, 1.807) is 0 Å². The number of rotatable bonds is 9. The molecule has 1 aromatic heterocycles. The average molecular weight is 440 g/mol. The molecule has 1 heterocycles. The van der Waals surface area contributed by atoms with Crippen molar-refractivity contribution in [3.63, 3.8) is 0 Å². The second-order valence-electron chi connectivity index (χ2n) is 9.19. The lowest BCUT2D eigenvalue weighted by Gasteiger charge is -2.37. The summed E-state index contributed by atoms with van der Waals surface area (Å²) in [5.74, 6) is -0.149. The number of nitrogens with two attached hydrogens (primary N) is 1. The Morgan fingerprint density at radius 1 is 1.00 bits per heavy atom. The summed E-state index contributed by atoms with van der Waals surface area (Å²) in [6.45, 7) is 7.01. The fourth-order valence-corrected chi connectivity index (χ4v) is 5.39. The Hall–Kier alpha value is -3.24. The number of aryl methyl sites for hydroxylation is 1. The molecule has 0 radical (unpaired) electrons. The molecule has 0 saturated heterocycles. The fraction of sp³-hybridized carbons (Fsp3) is 0.310. The van der Waals surface area contributed by atoms with Gasteiger partial charge in [-0.2, -0.15) is 0 Å². The maximum Gasteiger partial charge on any atom is 0.232 e. The average Bonchev–Trinajstić information content (AvgIpc) is 3.29. The molecule has 33 heavy (non-hydrogen) atoms. The van der Waals surface area contributed by atoms with Crippen LogP contribution in [0.5, 0.6) is 0 Å². The first kappa shape index (κ1) is 22.9. The van der Waals surface area contributed by atoms with Gasteiger partial charge in [-0.1, -0.05) is 78.9 Å². The van der Waals surface area contributed by atoms with E-state index in [1.807, 2.05) is 85.8 Å². The number of pyridine rings is 1. The van der Waals surface area contributed by atoms with E-state index in [2.05, 4.69) is 16.9 Å². The van der Waals surface area contributed by atoms with Gasteiger partial charge < -0.3 is 11.1 Å². The second kappa shape index (κ2) is 10.1. The normalized spacial score (nSPS) is 18.2. The van der Waals surface area contributed by atoms with E-state index in [9.17, 15) is 4.79 Å². The Balaban J connectivity index is 1.50. The fourth-order valence-electron chi connectivity index (χ4n) is 5.39. The van der Waals surface area contributed by atoms with Gasteiger partial charge in [-0.05, 0) is 55.4 Å². The van der Waals surface area contributed by atoms with Gasteiger partial charge in [0.25, 0.3) is 0 Å². The number of carbonyl (C=O) groups is 1. The number of nitrogens with zero attached hydrogens (tertiary/aromatic N) is 1. The number of hydrogen-bond acceptors (Lipinski definition) is 3. The molecule has 1 fully saturated rings. The predicted molar refractivity (Wildman–Crippen MR) is 134 cm³/mol. The van der Waals surface area contributed by atoms with Crippen LogP contribution >= 0.6 is 0 Å². The molecule has 0 bridgehead atoms. The van der Waals surface area contributed by atoms with E-state index in [0.29, 0.717) is 6.04 Å². The molecular formula is C29H33N3O. The summed E-state index contributed by atoms with van der Waals surface area (Å²) in [4.78, 5) is 17.8. The minimum Gasteiger partial charge on any atom is -0.369 e. The summed E-state index contributed by atoms with van der Waals surface area (Å²) in [5, 5.41) is 3.68. The maximum absolute atomic E-state index is 13.2. The van der Waals surface area contributed by atoms with E-state index in [0.717, 1.165) is 60.3 Å². The number of carbonyl (C=O) groups excluding carboxylic acids is 1. The largest absolute Gasteiger partial charge is 0.369 e. The SMILES string of the molecule is C=C(CN[C@@H]1CC[C@@H](C(C(N)=O)(c2ccccc2)c2ccccc2)C1)Cc1cccc(C)n1. The highest BCUT2D eigenvalue weighted by Gasteiger charge is 2.49. The van der Waals surface area contributed by atoms with Gasteiger partial charge in [0.15, 0.2) is 0 Å². The summed E-state index contributed by atoms with van der Waals surface area (Å²) in [6, 6.07) is 26.5. The van der Waals surface area contributed by atoms with E-state index in [4.69, 9.17) is 5.73 Å². The van der Waals surface area contributed by atoms with E-state index in [1.165, 1.54) is 0 Å². The number of primary amides is 1. The van der Waals surface area contributed by atoms with Crippen LogP contribution in [0, 0.1) is 12.8 Å². The summed E-state index contributed by atoms with van der Waals surface area (Å²) >= 11 is 0. The van der Waals surface area contributed by atoms with Crippen molar-refractivity contribution in [2.75, 3.05) is 6.54 Å². The third-order valence-corrected chi connectivity index (χ3v) is 6.91. The molecule has 170 valence electrons. The molecule has 3 N–H and O–H groups in total. The van der Waals surface area contributed by atoms with Crippen molar-refractivity contribution in [3.8, 4) is 0 Å². The minimum atomic E-state index is -0.832. The molecule has 0 unspecified atom stereocenters. The number of benzene rings is 2. The molecule has 1 amide bonds. The van der Waals surface area contributed by atoms with E-state index in [-0.39, 0.29) is 11.8 Å². The predicted octanol–water partition coefficient (Wildman–Crippen LogP) is 4.72. The van der Waals surface area contributed by atoms with Gasteiger partial charge in [0.05, 0.1) is 0 Å². The van der Waals surface area contributed by atoms with Gasteiger partial charge in [-0.3, -0.25) is 9.78 Å². The number of aromatic nitrogens is 1. The first-order chi connectivity index (χ1) is 16.0. The zero-order valence-corrected chi connectivity index (χ0v) is 19.3. The molecule has 2 atom stereocenters. The van der Waals surface area contributed by atoms with Gasteiger partial charge in [0, 0.05) is 30.4 Å². The van der Waals surface area contributed by atoms with Crippen LogP contribution in [0.2, 0.25) is 0 Å². The van der Waals surface area contributed by atoms with Crippen molar-refractivity contribution in [2.45, 2.75) is 44.1 Å². The zero-order chi connectivity index (χ0) is 23.3. The van der Waals surface area contributed by atoms with Crippen molar-refractivity contribution < 1.29 is 4.79 Å². The standard InChI is InChI=1S/C29H33N3O/c1-21(18-27-15-9-10-22(2)32-27)20-31-26-17-16-25(19-26)29(28(30)33,23-11-5-3-6-12-23)24-13-7-4-8-14-24/h3-15,25-26,31H,1,16-20H2,2H3,(H2,30,33)/t25-,26-/m1/s1. The molecule has 4 nitrogen and oxygen atoms in total. The highest BCUT2D eigenvalue weighted by atomic mass is 16.1. The Labute approximate surface area is 197 Å². The van der Waals surface area contributed by atoms with Gasteiger partial charge in [0.2, 0.25) is 5.91 Å².